The minimum atomic E-state index is -0.296. The van der Waals surface area contributed by atoms with Gasteiger partial charge in [0.15, 0.2) is 11.2 Å². The molecule has 132 valence electrons. The minimum Gasteiger partial charge on any atom is -0.328 e. The molecular weight excluding hydrogens is 318 g/mol. The van der Waals surface area contributed by atoms with Crippen molar-refractivity contribution in [3.8, 4) is 0 Å². The number of rotatable bonds is 4. The van der Waals surface area contributed by atoms with Gasteiger partial charge in [0, 0.05) is 26.4 Å². The van der Waals surface area contributed by atoms with E-state index in [9.17, 15) is 9.59 Å². The molecule has 0 N–H and O–H groups in total. The molecule has 0 saturated heterocycles. The molecule has 0 aromatic carbocycles. The van der Waals surface area contributed by atoms with E-state index in [4.69, 9.17) is 0 Å². The summed E-state index contributed by atoms with van der Waals surface area (Å²) in [6, 6.07) is 0. The second kappa shape index (κ2) is 6.13. The van der Waals surface area contributed by atoms with Crippen LogP contribution >= 0.6 is 0 Å². The van der Waals surface area contributed by atoms with Crippen LogP contribution in [0.2, 0.25) is 0 Å². The number of imidazole rings is 1. The highest BCUT2D eigenvalue weighted by atomic mass is 16.2. The van der Waals surface area contributed by atoms with Crippen molar-refractivity contribution in [1.29, 1.82) is 0 Å². The molecule has 1 saturated carbocycles. The topological polar surface area (TPSA) is 74.2 Å². The molecule has 0 atom stereocenters. The summed E-state index contributed by atoms with van der Waals surface area (Å²) in [6.45, 7) is 1.23. The summed E-state index contributed by atoms with van der Waals surface area (Å²) in [6.07, 6.45) is 7.98. The van der Waals surface area contributed by atoms with E-state index >= 15 is 0 Å². The van der Waals surface area contributed by atoms with Crippen LogP contribution in [0.3, 0.4) is 0 Å². The van der Waals surface area contributed by atoms with Crippen LogP contribution in [0.4, 0.5) is 0 Å². The zero-order valence-corrected chi connectivity index (χ0v) is 14.8. The van der Waals surface area contributed by atoms with Crippen LogP contribution in [0, 0.1) is 0 Å². The molecule has 2 aromatic rings. The molecule has 7 nitrogen and oxygen atoms in total. The van der Waals surface area contributed by atoms with Crippen molar-refractivity contribution in [3.63, 3.8) is 0 Å². The first-order chi connectivity index (χ1) is 12.1. The molecule has 3 heterocycles. The van der Waals surface area contributed by atoms with Gasteiger partial charge in [0.2, 0.25) is 0 Å². The monoisotopic (exact) mass is 341 g/mol. The van der Waals surface area contributed by atoms with E-state index in [1.54, 1.807) is 25.0 Å². The number of hydrogen-bond acceptors (Lipinski definition) is 4. The first kappa shape index (κ1) is 16.1. The Morgan fingerprint density at radius 2 is 1.96 bits per heavy atom. The van der Waals surface area contributed by atoms with Gasteiger partial charge in [-0.2, -0.15) is 0 Å². The molecule has 4 rings (SSSR count). The van der Waals surface area contributed by atoms with Gasteiger partial charge < -0.3 is 4.57 Å². The van der Waals surface area contributed by atoms with Gasteiger partial charge in [-0.25, -0.2) is 9.78 Å². The van der Waals surface area contributed by atoms with Gasteiger partial charge in [0.05, 0.1) is 12.9 Å². The Bertz CT molecular complexity index is 1020. The van der Waals surface area contributed by atoms with Crippen molar-refractivity contribution >= 4 is 16.9 Å². The quantitative estimate of drug-likeness (QED) is 0.846. The SMILES string of the molecule is Cn1cnc2c1c(=O)n(CCCC1=C3CCCCC3=NC1)c(=O)n2C. The summed E-state index contributed by atoms with van der Waals surface area (Å²) in [4.78, 5) is 34.0. The molecule has 0 spiro atoms. The summed E-state index contributed by atoms with van der Waals surface area (Å²) < 4.78 is 4.47. The molecule has 0 unspecified atom stereocenters. The number of hydrogen-bond donors (Lipinski definition) is 0. The predicted molar refractivity (Wildman–Crippen MR) is 97.2 cm³/mol. The lowest BCUT2D eigenvalue weighted by Crippen LogP contribution is -2.39. The zero-order valence-electron chi connectivity index (χ0n) is 14.8. The van der Waals surface area contributed by atoms with Crippen LogP contribution in [0.15, 0.2) is 32.1 Å². The van der Waals surface area contributed by atoms with E-state index in [2.05, 4.69) is 9.98 Å². The highest BCUT2D eigenvalue weighted by Gasteiger charge is 2.22. The lowest BCUT2D eigenvalue weighted by atomic mass is 9.90. The van der Waals surface area contributed by atoms with Crippen LogP contribution in [0.1, 0.15) is 38.5 Å². The van der Waals surface area contributed by atoms with Crippen molar-refractivity contribution in [2.45, 2.75) is 45.1 Å². The van der Waals surface area contributed by atoms with E-state index < -0.39 is 0 Å². The zero-order chi connectivity index (χ0) is 17.6. The molecule has 2 aromatic heterocycles. The highest BCUT2D eigenvalue weighted by Crippen LogP contribution is 2.30. The maximum atomic E-state index is 12.7. The van der Waals surface area contributed by atoms with Crippen molar-refractivity contribution in [1.82, 2.24) is 18.7 Å². The first-order valence-electron chi connectivity index (χ1n) is 8.93. The van der Waals surface area contributed by atoms with Crippen LogP contribution in [-0.4, -0.2) is 30.9 Å². The average molecular weight is 341 g/mol. The summed E-state index contributed by atoms with van der Waals surface area (Å²) in [5.41, 5.74) is 4.52. The van der Waals surface area contributed by atoms with E-state index in [-0.39, 0.29) is 11.2 Å². The van der Waals surface area contributed by atoms with Crippen LogP contribution in [0.25, 0.3) is 11.2 Å². The fraction of sp³-hybridized carbons (Fsp3) is 0.556. The standard InChI is InChI=1S/C18H23N5O2/c1-21-11-20-16-15(21)17(24)23(18(25)22(16)2)9-5-6-12-10-19-14-8-4-3-7-13(12)14/h11H,3-10H2,1-2H3. The maximum Gasteiger partial charge on any atom is 0.332 e. The van der Waals surface area contributed by atoms with Crippen LogP contribution < -0.4 is 11.2 Å². The maximum absolute atomic E-state index is 12.7. The minimum absolute atomic E-state index is 0.253. The largest absolute Gasteiger partial charge is 0.332 e. The van der Waals surface area contributed by atoms with Gasteiger partial charge in [0.25, 0.3) is 5.56 Å². The second-order valence-corrected chi connectivity index (χ2v) is 6.98. The van der Waals surface area contributed by atoms with E-state index in [1.165, 1.54) is 38.8 Å². The Morgan fingerprint density at radius 3 is 2.80 bits per heavy atom. The number of allylic oxidation sites excluding steroid dienone is 1. The molecule has 0 radical (unpaired) electrons. The molecule has 1 aliphatic heterocycles. The third kappa shape index (κ3) is 2.58. The normalized spacial score (nSPS) is 17.3. The highest BCUT2D eigenvalue weighted by molar-refractivity contribution is 6.03. The second-order valence-electron chi connectivity index (χ2n) is 6.98. The average Bonchev–Trinajstić information content (AvgIpc) is 3.20. The van der Waals surface area contributed by atoms with E-state index in [1.807, 2.05) is 0 Å². The Hall–Kier alpha value is -2.44. The van der Waals surface area contributed by atoms with Gasteiger partial charge in [0.1, 0.15) is 0 Å². The van der Waals surface area contributed by atoms with E-state index in [0.717, 1.165) is 32.2 Å². The van der Waals surface area contributed by atoms with Gasteiger partial charge in [-0.15, -0.1) is 0 Å². The molecule has 2 aliphatic rings. The smallest absolute Gasteiger partial charge is 0.328 e. The third-order valence-corrected chi connectivity index (χ3v) is 5.39. The Kier molecular flexibility index (Phi) is 3.94. The molecule has 25 heavy (non-hydrogen) atoms. The van der Waals surface area contributed by atoms with Crippen molar-refractivity contribution in [2.24, 2.45) is 19.1 Å². The van der Waals surface area contributed by atoms with E-state index in [0.29, 0.717) is 17.7 Å². The van der Waals surface area contributed by atoms with Crippen molar-refractivity contribution in [2.75, 3.05) is 6.54 Å². The molecule has 7 heteroatoms. The predicted octanol–water partition coefficient (Wildman–Crippen LogP) is 1.54. The first-order valence-corrected chi connectivity index (χ1v) is 8.93. The van der Waals surface area contributed by atoms with Crippen molar-refractivity contribution < 1.29 is 0 Å². The van der Waals surface area contributed by atoms with Crippen LogP contribution in [0.5, 0.6) is 0 Å². The fourth-order valence-corrected chi connectivity index (χ4v) is 4.00. The number of fused-ring (bicyclic) bond motifs is 2. The van der Waals surface area contributed by atoms with Crippen LogP contribution in [-0.2, 0) is 20.6 Å². The fourth-order valence-electron chi connectivity index (χ4n) is 4.00. The Balaban J connectivity index is 1.57. The summed E-state index contributed by atoms with van der Waals surface area (Å²) in [5.74, 6) is 0. The summed E-state index contributed by atoms with van der Waals surface area (Å²) in [7, 11) is 3.44. The molecule has 1 aliphatic carbocycles. The lowest BCUT2D eigenvalue weighted by molar-refractivity contribution is 0.568. The Morgan fingerprint density at radius 1 is 1.16 bits per heavy atom. The number of nitrogens with zero attached hydrogens (tertiary/aromatic N) is 5. The summed E-state index contributed by atoms with van der Waals surface area (Å²) >= 11 is 0. The molecule has 0 amide bonds. The summed E-state index contributed by atoms with van der Waals surface area (Å²) in [5, 5.41) is 0. The number of aryl methyl sites for hydroxylation is 2. The number of aliphatic imine (C=N–C) groups is 1. The Labute approximate surface area is 145 Å². The number of aromatic nitrogens is 4. The molecule has 0 bridgehead atoms. The molecular formula is C18H23N5O2. The van der Waals surface area contributed by atoms with Gasteiger partial charge in [-0.05, 0) is 49.7 Å². The van der Waals surface area contributed by atoms with Gasteiger partial charge >= 0.3 is 5.69 Å². The lowest BCUT2D eigenvalue weighted by Gasteiger charge is -2.15. The molecule has 1 fully saturated rings. The van der Waals surface area contributed by atoms with Crippen molar-refractivity contribution in [3.05, 3.63) is 38.3 Å². The third-order valence-electron chi connectivity index (χ3n) is 5.39. The van der Waals surface area contributed by atoms with Gasteiger partial charge in [-0.3, -0.25) is 18.9 Å². The van der Waals surface area contributed by atoms with Gasteiger partial charge in [-0.1, -0.05) is 0 Å².